The SMILES string of the molecule is Sc1cccc(OCCOc2cccc(S)c2)c1. The van der Waals surface area contributed by atoms with Crippen molar-refractivity contribution < 1.29 is 9.47 Å². The standard InChI is InChI=1S/C14H14O2S2/c17-13-5-1-3-11(9-13)15-7-8-16-12-4-2-6-14(18)10-12/h1-6,9-10,17-18H,7-8H2. The summed E-state index contributed by atoms with van der Waals surface area (Å²) in [5.74, 6) is 1.60. The first-order valence-corrected chi connectivity index (χ1v) is 6.47. The number of rotatable bonds is 5. The van der Waals surface area contributed by atoms with Crippen LogP contribution in [0.3, 0.4) is 0 Å². The maximum Gasteiger partial charge on any atom is 0.122 e. The minimum Gasteiger partial charge on any atom is -0.490 e. The van der Waals surface area contributed by atoms with E-state index in [1.54, 1.807) is 0 Å². The Kier molecular flexibility index (Phi) is 4.84. The molecule has 0 amide bonds. The molecule has 0 heterocycles. The Balaban J connectivity index is 1.76. The van der Waals surface area contributed by atoms with E-state index in [-0.39, 0.29) is 0 Å². The van der Waals surface area contributed by atoms with Crippen molar-refractivity contribution in [2.24, 2.45) is 0 Å². The fourth-order valence-corrected chi connectivity index (χ4v) is 1.89. The van der Waals surface area contributed by atoms with E-state index in [9.17, 15) is 0 Å². The molecule has 2 aromatic carbocycles. The predicted octanol–water partition coefficient (Wildman–Crippen LogP) is 3.72. The van der Waals surface area contributed by atoms with Crippen molar-refractivity contribution in [3.8, 4) is 11.5 Å². The lowest BCUT2D eigenvalue weighted by atomic mass is 10.3. The Morgan fingerprint density at radius 1 is 0.722 bits per heavy atom. The molecule has 0 aromatic heterocycles. The molecule has 2 aromatic rings. The van der Waals surface area contributed by atoms with Crippen molar-refractivity contribution in [1.82, 2.24) is 0 Å². The minimum atomic E-state index is 0.494. The van der Waals surface area contributed by atoms with Crippen molar-refractivity contribution in [3.05, 3.63) is 48.5 Å². The molecular formula is C14H14O2S2. The van der Waals surface area contributed by atoms with Crippen LogP contribution in [-0.2, 0) is 0 Å². The van der Waals surface area contributed by atoms with E-state index in [4.69, 9.17) is 9.47 Å². The third-order valence-corrected chi connectivity index (χ3v) is 2.81. The van der Waals surface area contributed by atoms with Gasteiger partial charge in [-0.25, -0.2) is 0 Å². The highest BCUT2D eigenvalue weighted by molar-refractivity contribution is 7.80. The molecule has 0 atom stereocenters. The fourth-order valence-electron chi connectivity index (χ4n) is 1.47. The van der Waals surface area contributed by atoms with E-state index in [1.165, 1.54) is 0 Å². The second kappa shape index (κ2) is 6.61. The van der Waals surface area contributed by atoms with Gasteiger partial charge in [-0.3, -0.25) is 0 Å². The Morgan fingerprint density at radius 2 is 1.17 bits per heavy atom. The van der Waals surface area contributed by atoms with Gasteiger partial charge in [0.25, 0.3) is 0 Å². The largest absolute Gasteiger partial charge is 0.490 e. The molecule has 0 radical (unpaired) electrons. The third kappa shape index (κ3) is 4.20. The maximum atomic E-state index is 5.55. The average molecular weight is 278 g/mol. The van der Waals surface area contributed by atoms with Crippen LogP contribution < -0.4 is 9.47 Å². The summed E-state index contributed by atoms with van der Waals surface area (Å²) in [5, 5.41) is 0. The number of hydrogen-bond donors (Lipinski definition) is 2. The van der Waals surface area contributed by atoms with Crippen molar-refractivity contribution in [2.75, 3.05) is 13.2 Å². The van der Waals surface area contributed by atoms with E-state index in [1.807, 2.05) is 48.5 Å². The van der Waals surface area contributed by atoms with Gasteiger partial charge in [-0.2, -0.15) is 0 Å². The van der Waals surface area contributed by atoms with Crippen LogP contribution >= 0.6 is 25.3 Å². The van der Waals surface area contributed by atoms with Crippen LogP contribution in [0, 0.1) is 0 Å². The van der Waals surface area contributed by atoms with E-state index >= 15 is 0 Å². The first kappa shape index (κ1) is 13.2. The molecule has 94 valence electrons. The lowest BCUT2D eigenvalue weighted by Crippen LogP contribution is -2.08. The first-order valence-electron chi connectivity index (χ1n) is 5.58. The van der Waals surface area contributed by atoms with Gasteiger partial charge >= 0.3 is 0 Å². The van der Waals surface area contributed by atoms with Gasteiger partial charge in [0.15, 0.2) is 0 Å². The molecule has 2 rings (SSSR count). The number of benzene rings is 2. The van der Waals surface area contributed by atoms with Gasteiger partial charge in [-0.15, -0.1) is 25.3 Å². The van der Waals surface area contributed by atoms with Gasteiger partial charge in [-0.1, -0.05) is 12.1 Å². The molecule has 0 aliphatic rings. The lowest BCUT2D eigenvalue weighted by molar-refractivity contribution is 0.216. The average Bonchev–Trinajstić information content (AvgIpc) is 2.35. The molecule has 0 aliphatic carbocycles. The second-order valence-corrected chi connectivity index (χ2v) is 4.72. The van der Waals surface area contributed by atoms with E-state index in [0.717, 1.165) is 21.3 Å². The van der Waals surface area contributed by atoms with Gasteiger partial charge in [0.1, 0.15) is 24.7 Å². The van der Waals surface area contributed by atoms with Gasteiger partial charge in [0.05, 0.1) is 0 Å². The molecule has 0 bridgehead atoms. The Morgan fingerprint density at radius 3 is 1.56 bits per heavy atom. The molecule has 0 unspecified atom stereocenters. The summed E-state index contributed by atoms with van der Waals surface area (Å²) in [6.07, 6.45) is 0. The van der Waals surface area contributed by atoms with Gasteiger partial charge in [0.2, 0.25) is 0 Å². The van der Waals surface area contributed by atoms with Crippen LogP contribution in [0.1, 0.15) is 0 Å². The predicted molar refractivity (Wildman–Crippen MR) is 78.4 cm³/mol. The summed E-state index contributed by atoms with van der Waals surface area (Å²) in [6.45, 7) is 0.988. The van der Waals surface area contributed by atoms with Gasteiger partial charge in [-0.05, 0) is 36.4 Å². The molecule has 4 heteroatoms. The number of thiol groups is 2. The first-order chi connectivity index (χ1) is 8.74. The number of hydrogen-bond acceptors (Lipinski definition) is 4. The van der Waals surface area contributed by atoms with Crippen molar-refractivity contribution in [2.45, 2.75) is 9.79 Å². The van der Waals surface area contributed by atoms with Crippen LogP contribution in [-0.4, -0.2) is 13.2 Å². The molecule has 0 aliphatic heterocycles. The van der Waals surface area contributed by atoms with Crippen LogP contribution in [0.4, 0.5) is 0 Å². The molecule has 0 saturated heterocycles. The normalized spacial score (nSPS) is 10.1. The topological polar surface area (TPSA) is 18.5 Å². The van der Waals surface area contributed by atoms with Gasteiger partial charge in [0, 0.05) is 9.79 Å². The monoisotopic (exact) mass is 278 g/mol. The summed E-state index contributed by atoms with van der Waals surface area (Å²) in [7, 11) is 0. The van der Waals surface area contributed by atoms with Crippen molar-refractivity contribution in [1.29, 1.82) is 0 Å². The Labute approximate surface area is 118 Å². The zero-order valence-corrected chi connectivity index (χ0v) is 11.5. The van der Waals surface area contributed by atoms with Crippen molar-refractivity contribution in [3.63, 3.8) is 0 Å². The molecule has 18 heavy (non-hydrogen) atoms. The summed E-state index contributed by atoms with van der Waals surface area (Å²) in [5.41, 5.74) is 0. The molecule has 0 spiro atoms. The molecule has 0 saturated carbocycles. The fraction of sp³-hybridized carbons (Fsp3) is 0.143. The smallest absolute Gasteiger partial charge is 0.122 e. The summed E-state index contributed by atoms with van der Waals surface area (Å²) < 4.78 is 11.1. The lowest BCUT2D eigenvalue weighted by Gasteiger charge is -2.08. The summed E-state index contributed by atoms with van der Waals surface area (Å²) in [6, 6.07) is 15.2. The van der Waals surface area contributed by atoms with E-state index < -0.39 is 0 Å². The van der Waals surface area contributed by atoms with Crippen LogP contribution in [0.5, 0.6) is 11.5 Å². The molecule has 0 fully saturated rings. The van der Waals surface area contributed by atoms with E-state index in [2.05, 4.69) is 25.3 Å². The second-order valence-electron chi connectivity index (χ2n) is 3.69. The maximum absolute atomic E-state index is 5.55. The Bertz CT molecular complexity index is 467. The molecule has 2 nitrogen and oxygen atoms in total. The Hall–Kier alpha value is -1.26. The molecule has 0 N–H and O–H groups in total. The highest BCUT2D eigenvalue weighted by Gasteiger charge is 1.96. The summed E-state index contributed by atoms with van der Waals surface area (Å²) in [4.78, 5) is 1.77. The zero-order chi connectivity index (χ0) is 12.8. The van der Waals surface area contributed by atoms with Crippen LogP contribution in [0.2, 0.25) is 0 Å². The minimum absolute atomic E-state index is 0.494. The quantitative estimate of drug-likeness (QED) is 0.641. The number of ether oxygens (including phenoxy) is 2. The highest BCUT2D eigenvalue weighted by atomic mass is 32.1. The highest BCUT2D eigenvalue weighted by Crippen LogP contribution is 2.17. The van der Waals surface area contributed by atoms with E-state index in [0.29, 0.717) is 13.2 Å². The molecular weight excluding hydrogens is 264 g/mol. The van der Waals surface area contributed by atoms with Crippen LogP contribution in [0.15, 0.2) is 58.3 Å². The van der Waals surface area contributed by atoms with Crippen molar-refractivity contribution >= 4 is 25.3 Å². The zero-order valence-electron chi connectivity index (χ0n) is 9.74. The summed E-state index contributed by atoms with van der Waals surface area (Å²) >= 11 is 8.50. The third-order valence-electron chi connectivity index (χ3n) is 2.26. The van der Waals surface area contributed by atoms with Crippen LogP contribution in [0.25, 0.3) is 0 Å². The van der Waals surface area contributed by atoms with Gasteiger partial charge < -0.3 is 9.47 Å².